The van der Waals surface area contributed by atoms with E-state index in [0.717, 1.165) is 12.1 Å². The number of hydrogen-bond donors (Lipinski definition) is 1. The van der Waals surface area contributed by atoms with Crippen LogP contribution in [0, 0.1) is 15.9 Å². The predicted molar refractivity (Wildman–Crippen MR) is 45.1 cm³/mol. The van der Waals surface area contributed by atoms with Gasteiger partial charge in [-0.25, -0.2) is 4.39 Å². The second kappa shape index (κ2) is 4.58. The van der Waals surface area contributed by atoms with Gasteiger partial charge in [-0.2, -0.15) is 5.90 Å². The van der Waals surface area contributed by atoms with E-state index in [9.17, 15) is 14.5 Å². The van der Waals surface area contributed by atoms with Crippen molar-refractivity contribution < 1.29 is 14.2 Å². The fourth-order valence-electron chi connectivity index (χ4n) is 0.758. The molecular formula is C6H6ClFN2O3. The van der Waals surface area contributed by atoms with Gasteiger partial charge in [0, 0.05) is 6.07 Å². The van der Waals surface area contributed by atoms with Gasteiger partial charge in [0.2, 0.25) is 0 Å². The largest absolute Gasteiger partial charge is 0.401 e. The standard InChI is InChI=1S/C6H5FN2O3.ClH/c7-4-2-1-3-5(9(10)11)6(4)12-8;/h1-3H,8H2;1H. The summed E-state index contributed by atoms with van der Waals surface area (Å²) in [6.07, 6.45) is 0. The van der Waals surface area contributed by atoms with Crippen LogP contribution in [0.15, 0.2) is 18.2 Å². The number of rotatable bonds is 2. The number of halogens is 2. The lowest BCUT2D eigenvalue weighted by Crippen LogP contribution is -2.06. The van der Waals surface area contributed by atoms with Crippen LogP contribution >= 0.6 is 12.4 Å². The Bertz CT molecular complexity index is 321. The summed E-state index contributed by atoms with van der Waals surface area (Å²) in [5.41, 5.74) is -0.488. The van der Waals surface area contributed by atoms with Crippen molar-refractivity contribution in [2.24, 2.45) is 5.90 Å². The summed E-state index contributed by atoms with van der Waals surface area (Å²) in [6, 6.07) is 3.33. The Morgan fingerprint density at radius 2 is 2.15 bits per heavy atom. The third-order valence-corrected chi connectivity index (χ3v) is 1.26. The van der Waals surface area contributed by atoms with E-state index < -0.39 is 22.2 Å². The van der Waals surface area contributed by atoms with Gasteiger partial charge in [-0.15, -0.1) is 12.4 Å². The molecule has 0 aliphatic rings. The maximum Gasteiger partial charge on any atom is 0.316 e. The minimum Gasteiger partial charge on any atom is -0.401 e. The van der Waals surface area contributed by atoms with Gasteiger partial charge in [0.15, 0.2) is 5.82 Å². The molecule has 0 spiro atoms. The molecule has 0 aliphatic carbocycles. The molecule has 0 fully saturated rings. The lowest BCUT2D eigenvalue weighted by molar-refractivity contribution is -0.386. The highest BCUT2D eigenvalue weighted by atomic mass is 35.5. The molecule has 0 saturated heterocycles. The fraction of sp³-hybridized carbons (Fsp3) is 0. The topological polar surface area (TPSA) is 78.4 Å². The quantitative estimate of drug-likeness (QED) is 0.589. The van der Waals surface area contributed by atoms with Crippen molar-refractivity contribution in [3.8, 4) is 5.75 Å². The molecule has 0 saturated carbocycles. The third-order valence-electron chi connectivity index (χ3n) is 1.26. The van der Waals surface area contributed by atoms with Crippen LogP contribution in [-0.2, 0) is 0 Å². The number of hydrogen-bond acceptors (Lipinski definition) is 4. The van der Waals surface area contributed by atoms with Crippen LogP contribution in [0.25, 0.3) is 0 Å². The lowest BCUT2D eigenvalue weighted by Gasteiger charge is -1.99. The van der Waals surface area contributed by atoms with Gasteiger partial charge in [0.1, 0.15) is 0 Å². The summed E-state index contributed by atoms with van der Waals surface area (Å²) < 4.78 is 12.7. The maximum absolute atomic E-state index is 12.7. The van der Waals surface area contributed by atoms with Crippen molar-refractivity contribution in [1.82, 2.24) is 0 Å². The molecule has 1 aromatic carbocycles. The molecule has 0 aromatic heterocycles. The zero-order valence-corrected chi connectivity index (χ0v) is 7.08. The van der Waals surface area contributed by atoms with E-state index in [1.165, 1.54) is 6.07 Å². The molecule has 1 rings (SSSR count). The summed E-state index contributed by atoms with van der Waals surface area (Å²) in [4.78, 5) is 13.5. The highest BCUT2D eigenvalue weighted by Crippen LogP contribution is 2.28. The maximum atomic E-state index is 12.7. The van der Waals surface area contributed by atoms with Crippen LogP contribution in [0.2, 0.25) is 0 Å². The number of para-hydroxylation sites is 1. The zero-order valence-electron chi connectivity index (χ0n) is 6.27. The molecule has 0 heterocycles. The van der Waals surface area contributed by atoms with Crippen LogP contribution < -0.4 is 10.7 Å². The minimum atomic E-state index is -0.855. The summed E-state index contributed by atoms with van der Waals surface area (Å²) in [5.74, 6) is 3.24. The minimum absolute atomic E-state index is 0. The van der Waals surface area contributed by atoms with E-state index >= 15 is 0 Å². The van der Waals surface area contributed by atoms with Gasteiger partial charge in [-0.05, 0) is 6.07 Å². The van der Waals surface area contributed by atoms with Crippen molar-refractivity contribution >= 4 is 18.1 Å². The van der Waals surface area contributed by atoms with Gasteiger partial charge >= 0.3 is 5.69 Å². The van der Waals surface area contributed by atoms with Crippen molar-refractivity contribution in [2.75, 3.05) is 0 Å². The number of benzene rings is 1. The molecule has 2 N–H and O–H groups in total. The normalized spacial score (nSPS) is 8.77. The van der Waals surface area contributed by atoms with Gasteiger partial charge in [0.05, 0.1) is 4.92 Å². The first-order valence-electron chi connectivity index (χ1n) is 2.96. The smallest absolute Gasteiger partial charge is 0.316 e. The Labute approximate surface area is 78.8 Å². The highest BCUT2D eigenvalue weighted by molar-refractivity contribution is 5.85. The van der Waals surface area contributed by atoms with Gasteiger partial charge < -0.3 is 4.84 Å². The SMILES string of the molecule is Cl.NOc1c(F)cccc1[N+](=O)[O-]. The van der Waals surface area contributed by atoms with E-state index in [0.29, 0.717) is 0 Å². The summed E-state index contributed by atoms with van der Waals surface area (Å²) in [5, 5.41) is 10.2. The molecule has 0 radical (unpaired) electrons. The first kappa shape index (κ1) is 11.6. The summed E-state index contributed by atoms with van der Waals surface area (Å²) in [7, 11) is 0. The Balaban J connectivity index is 0.00000144. The van der Waals surface area contributed by atoms with Crippen LogP contribution in [0.4, 0.5) is 10.1 Å². The second-order valence-electron chi connectivity index (χ2n) is 1.96. The molecule has 0 aliphatic heterocycles. The molecule has 5 nitrogen and oxygen atoms in total. The van der Waals surface area contributed by atoms with Crippen LogP contribution in [0.1, 0.15) is 0 Å². The van der Waals surface area contributed by atoms with Crippen molar-refractivity contribution in [2.45, 2.75) is 0 Å². The van der Waals surface area contributed by atoms with Crippen molar-refractivity contribution in [3.63, 3.8) is 0 Å². The average Bonchev–Trinajstić information content (AvgIpc) is 2.03. The fourth-order valence-corrected chi connectivity index (χ4v) is 0.758. The van der Waals surface area contributed by atoms with Gasteiger partial charge in [-0.3, -0.25) is 10.1 Å². The average molecular weight is 209 g/mol. The first-order valence-corrected chi connectivity index (χ1v) is 2.96. The van der Waals surface area contributed by atoms with E-state index in [-0.39, 0.29) is 12.4 Å². The number of nitrogens with two attached hydrogens (primary N) is 1. The highest BCUT2D eigenvalue weighted by Gasteiger charge is 2.18. The molecule has 7 heteroatoms. The van der Waals surface area contributed by atoms with Gasteiger partial charge in [0.25, 0.3) is 5.75 Å². The molecule has 0 unspecified atom stereocenters. The molecule has 0 amide bonds. The molecule has 0 atom stereocenters. The predicted octanol–water partition coefficient (Wildman–Crippen LogP) is 1.41. The molecule has 13 heavy (non-hydrogen) atoms. The summed E-state index contributed by atoms with van der Waals surface area (Å²) >= 11 is 0. The number of nitrogens with zero attached hydrogens (tertiary/aromatic N) is 1. The Hall–Kier alpha value is -1.40. The van der Waals surface area contributed by atoms with E-state index in [1.54, 1.807) is 0 Å². The van der Waals surface area contributed by atoms with E-state index in [2.05, 4.69) is 10.7 Å². The molecule has 1 aromatic rings. The summed E-state index contributed by atoms with van der Waals surface area (Å²) in [6.45, 7) is 0. The van der Waals surface area contributed by atoms with E-state index in [1.807, 2.05) is 0 Å². The number of nitro groups is 1. The number of nitro benzene ring substituents is 1. The van der Waals surface area contributed by atoms with E-state index in [4.69, 9.17) is 0 Å². The molecule has 0 bridgehead atoms. The van der Waals surface area contributed by atoms with Crippen LogP contribution in [0.3, 0.4) is 0 Å². The Morgan fingerprint density at radius 3 is 2.54 bits per heavy atom. The molecule has 72 valence electrons. The van der Waals surface area contributed by atoms with Gasteiger partial charge in [-0.1, -0.05) is 6.07 Å². The lowest BCUT2D eigenvalue weighted by atomic mass is 10.3. The Morgan fingerprint density at radius 1 is 1.54 bits per heavy atom. The van der Waals surface area contributed by atoms with Crippen LogP contribution in [-0.4, -0.2) is 4.92 Å². The van der Waals surface area contributed by atoms with Crippen molar-refractivity contribution in [1.29, 1.82) is 0 Å². The van der Waals surface area contributed by atoms with Crippen molar-refractivity contribution in [3.05, 3.63) is 34.1 Å². The molecular weight excluding hydrogens is 203 g/mol. The first-order chi connectivity index (χ1) is 5.66. The Kier molecular flexibility index (Phi) is 4.09. The third kappa shape index (κ3) is 2.27. The zero-order chi connectivity index (χ0) is 9.14. The monoisotopic (exact) mass is 208 g/mol. The van der Waals surface area contributed by atoms with Crippen LogP contribution in [0.5, 0.6) is 5.75 Å². The second-order valence-corrected chi connectivity index (χ2v) is 1.96.